The van der Waals surface area contributed by atoms with Gasteiger partial charge < -0.3 is 14.4 Å². The van der Waals surface area contributed by atoms with Crippen molar-refractivity contribution < 1.29 is 27.9 Å². The normalized spacial score (nSPS) is 44.0. The van der Waals surface area contributed by atoms with Crippen molar-refractivity contribution in [3.8, 4) is 0 Å². The highest BCUT2D eigenvalue weighted by Gasteiger charge is 2.63. The molecular formula is C25H37N3O5S. The molecule has 0 saturated heterocycles. The summed E-state index contributed by atoms with van der Waals surface area (Å²) < 4.78 is 27.7. The number of fused-ring (bicyclic) bond motifs is 6. The van der Waals surface area contributed by atoms with E-state index in [0.29, 0.717) is 5.41 Å². The zero-order valence-corrected chi connectivity index (χ0v) is 21.4. The highest BCUT2D eigenvalue weighted by Crippen LogP contribution is 2.67. The van der Waals surface area contributed by atoms with Crippen LogP contribution in [0.5, 0.6) is 0 Å². The zero-order valence-electron chi connectivity index (χ0n) is 20.6. The SMILES string of the molecule is CC1=CC([O-])=NS(=O)(=O)O1.C[C@]12Cc3c[nH+][nH]c3C[C@@H]1CC[C@@H]1[C@@H]2CC[C@@]2(C)[C@H]1CC[C@]2(C)O. The summed E-state index contributed by atoms with van der Waals surface area (Å²) in [5.74, 6) is 2.51. The summed E-state index contributed by atoms with van der Waals surface area (Å²) in [6.45, 7) is 8.48. The molecule has 6 rings (SSSR count). The lowest BCUT2D eigenvalue weighted by Gasteiger charge is -2.60. The summed E-state index contributed by atoms with van der Waals surface area (Å²) in [7, 11) is -3.97. The molecule has 9 heteroatoms. The van der Waals surface area contributed by atoms with E-state index >= 15 is 0 Å². The Labute approximate surface area is 202 Å². The van der Waals surface area contributed by atoms with Crippen LogP contribution in [0.4, 0.5) is 0 Å². The van der Waals surface area contributed by atoms with Crippen LogP contribution in [0.3, 0.4) is 0 Å². The maximum absolute atomic E-state index is 11.0. The van der Waals surface area contributed by atoms with E-state index < -0.39 is 21.8 Å². The lowest BCUT2D eigenvalue weighted by Crippen LogP contribution is -2.56. The second-order valence-electron chi connectivity index (χ2n) is 11.9. The number of allylic oxidation sites excluding steroid dienone is 1. The number of nitrogens with zero attached hydrogens (tertiary/aromatic N) is 1. The van der Waals surface area contributed by atoms with Crippen molar-refractivity contribution in [1.82, 2.24) is 5.10 Å². The number of nitrogens with one attached hydrogen (secondary N) is 2. The Balaban J connectivity index is 0.000000204. The van der Waals surface area contributed by atoms with Crippen molar-refractivity contribution in [2.45, 2.75) is 84.7 Å². The first-order valence-corrected chi connectivity index (χ1v) is 13.9. The molecule has 4 aliphatic carbocycles. The molecule has 34 heavy (non-hydrogen) atoms. The van der Waals surface area contributed by atoms with Gasteiger partial charge in [0.25, 0.3) is 0 Å². The Morgan fingerprint density at radius 3 is 2.62 bits per heavy atom. The van der Waals surface area contributed by atoms with E-state index in [0.717, 1.165) is 36.2 Å². The molecule has 3 N–H and O–H groups in total. The zero-order chi connectivity index (χ0) is 24.5. The Kier molecular flexibility index (Phi) is 5.48. The van der Waals surface area contributed by atoms with Crippen LogP contribution in [-0.4, -0.2) is 30.1 Å². The molecule has 1 aromatic rings. The Morgan fingerprint density at radius 2 is 1.91 bits per heavy atom. The second-order valence-corrected chi connectivity index (χ2v) is 13.1. The van der Waals surface area contributed by atoms with E-state index in [9.17, 15) is 18.6 Å². The fourth-order valence-corrected chi connectivity index (χ4v) is 8.97. The Hall–Kier alpha value is -1.87. The minimum absolute atomic E-state index is 0.0417. The third kappa shape index (κ3) is 3.70. The standard InChI is InChI=1S/C21H32N2O.C4H5NO4S/c1-19-11-13-12-22-23-18(13)10-14(19)4-5-15-16(19)6-8-20(2)17(15)7-9-21(20,3)24;1-3-2-4(6)5-10(7,8)9-3/h12,14-17,24H,4-11H2,1-3H3,(H,22,23);2H,1H3,(H,5,6)/t14-,15+,16-,17-,19-,20-,21-;/m0./s1. The molecule has 5 aliphatic rings. The molecule has 1 aliphatic heterocycles. The minimum Gasteiger partial charge on any atom is -0.858 e. The van der Waals surface area contributed by atoms with Gasteiger partial charge in [0, 0.05) is 11.5 Å². The maximum atomic E-state index is 11.0. The molecule has 0 bridgehead atoms. The average Bonchev–Trinajstić information content (AvgIpc) is 3.25. The molecule has 0 unspecified atom stereocenters. The predicted molar refractivity (Wildman–Crippen MR) is 124 cm³/mol. The third-order valence-corrected chi connectivity index (χ3v) is 11.1. The van der Waals surface area contributed by atoms with Gasteiger partial charge in [-0.3, -0.25) is 0 Å². The van der Waals surface area contributed by atoms with Crippen molar-refractivity contribution in [3.63, 3.8) is 0 Å². The average molecular weight is 492 g/mol. The Bertz CT molecular complexity index is 1140. The van der Waals surface area contributed by atoms with Crippen LogP contribution < -0.4 is 10.2 Å². The van der Waals surface area contributed by atoms with Crippen molar-refractivity contribution in [1.29, 1.82) is 0 Å². The molecule has 1 aromatic heterocycles. The number of hydrogen-bond acceptors (Lipinski definition) is 5. The van der Waals surface area contributed by atoms with Crippen LogP contribution in [0.1, 0.15) is 77.5 Å². The highest BCUT2D eigenvalue weighted by molar-refractivity contribution is 7.85. The van der Waals surface area contributed by atoms with Crippen molar-refractivity contribution in [3.05, 3.63) is 29.3 Å². The summed E-state index contributed by atoms with van der Waals surface area (Å²) in [6, 6.07) is 0. The molecule has 0 aromatic carbocycles. The van der Waals surface area contributed by atoms with Crippen LogP contribution in [0, 0.1) is 34.5 Å². The molecule has 0 spiro atoms. The monoisotopic (exact) mass is 491 g/mol. The topological polar surface area (TPSA) is 129 Å². The van der Waals surface area contributed by atoms with Crippen LogP contribution in [0.2, 0.25) is 0 Å². The van der Waals surface area contributed by atoms with Gasteiger partial charge in [-0.1, -0.05) is 13.8 Å². The van der Waals surface area contributed by atoms with Gasteiger partial charge in [-0.15, -0.1) is 9.50 Å². The van der Waals surface area contributed by atoms with Crippen molar-refractivity contribution in [2.24, 2.45) is 38.9 Å². The predicted octanol–water partition coefficient (Wildman–Crippen LogP) is 2.46. The van der Waals surface area contributed by atoms with Crippen LogP contribution >= 0.6 is 0 Å². The fraction of sp³-hybridized carbons (Fsp3) is 0.760. The summed E-state index contributed by atoms with van der Waals surface area (Å²) in [4.78, 5) is 0. The molecule has 8 nitrogen and oxygen atoms in total. The van der Waals surface area contributed by atoms with E-state index in [2.05, 4.69) is 45.7 Å². The first-order chi connectivity index (χ1) is 15.8. The van der Waals surface area contributed by atoms with Crippen molar-refractivity contribution >= 4 is 16.2 Å². The van der Waals surface area contributed by atoms with Gasteiger partial charge in [0.05, 0.1) is 11.3 Å². The van der Waals surface area contributed by atoms with E-state index in [1.54, 1.807) is 0 Å². The number of aliphatic hydroxyl groups is 1. The first-order valence-electron chi connectivity index (χ1n) is 12.5. The fourth-order valence-electron chi connectivity index (χ4n) is 8.28. The largest absolute Gasteiger partial charge is 0.858 e. The van der Waals surface area contributed by atoms with Gasteiger partial charge in [-0.05, 0) is 106 Å². The number of aromatic amines is 2. The van der Waals surface area contributed by atoms with Gasteiger partial charge in [0.2, 0.25) is 0 Å². The van der Waals surface area contributed by atoms with Crippen LogP contribution in [0.15, 0.2) is 22.4 Å². The minimum atomic E-state index is -3.97. The van der Waals surface area contributed by atoms with Gasteiger partial charge >= 0.3 is 10.3 Å². The molecule has 2 heterocycles. The summed E-state index contributed by atoms with van der Waals surface area (Å²) >= 11 is 0. The van der Waals surface area contributed by atoms with Crippen molar-refractivity contribution in [2.75, 3.05) is 0 Å². The van der Waals surface area contributed by atoms with Crippen LogP contribution in [0.25, 0.3) is 0 Å². The van der Waals surface area contributed by atoms with E-state index in [1.807, 2.05) is 0 Å². The molecule has 0 amide bonds. The van der Waals surface area contributed by atoms with E-state index in [4.69, 9.17) is 0 Å². The summed E-state index contributed by atoms with van der Waals surface area (Å²) in [6.07, 6.45) is 13.3. The number of H-pyrrole nitrogens is 2. The summed E-state index contributed by atoms with van der Waals surface area (Å²) in [5.41, 5.74) is 3.15. The number of rotatable bonds is 0. The van der Waals surface area contributed by atoms with Gasteiger partial charge in [-0.25, -0.2) is 0 Å². The Morgan fingerprint density at radius 1 is 1.18 bits per heavy atom. The molecule has 7 atom stereocenters. The van der Waals surface area contributed by atoms with Gasteiger partial charge in [-0.2, -0.15) is 13.5 Å². The second kappa shape index (κ2) is 7.82. The quantitative estimate of drug-likeness (QED) is 0.576. The third-order valence-electron chi connectivity index (χ3n) is 10.3. The number of aromatic nitrogens is 2. The van der Waals surface area contributed by atoms with Crippen LogP contribution in [-0.2, 0) is 27.3 Å². The molecular weight excluding hydrogens is 454 g/mol. The molecule has 0 radical (unpaired) electrons. The molecule has 188 valence electrons. The first kappa shape index (κ1) is 23.9. The summed E-state index contributed by atoms with van der Waals surface area (Å²) in [5, 5.41) is 28.0. The van der Waals surface area contributed by atoms with Gasteiger partial charge in [0.1, 0.15) is 5.76 Å². The molecule has 3 saturated carbocycles. The molecule has 3 fully saturated rings. The number of hydrogen-bond donors (Lipinski definition) is 2. The lowest BCUT2D eigenvalue weighted by atomic mass is 9.44. The smallest absolute Gasteiger partial charge is 0.427 e. The van der Waals surface area contributed by atoms with E-state index in [-0.39, 0.29) is 11.2 Å². The van der Waals surface area contributed by atoms with Gasteiger partial charge in [0.15, 0.2) is 6.20 Å². The van der Waals surface area contributed by atoms with E-state index in [1.165, 1.54) is 63.1 Å². The maximum Gasteiger partial charge on any atom is 0.427 e. The lowest BCUT2D eigenvalue weighted by molar-refractivity contribution is -0.450. The highest BCUT2D eigenvalue weighted by atomic mass is 32.2.